The number of rotatable bonds is 2. The van der Waals surface area contributed by atoms with E-state index in [1.807, 2.05) is 6.07 Å². The summed E-state index contributed by atoms with van der Waals surface area (Å²) < 4.78 is 6.55. The first-order chi connectivity index (χ1) is 8.88. The van der Waals surface area contributed by atoms with E-state index in [2.05, 4.69) is 31.9 Å². The van der Waals surface area contributed by atoms with Crippen LogP contribution in [0.5, 0.6) is 5.75 Å². The number of fused-ring (bicyclic) bond motifs is 1. The van der Waals surface area contributed by atoms with Crippen molar-refractivity contribution in [1.82, 2.24) is 0 Å². The summed E-state index contributed by atoms with van der Waals surface area (Å²) in [7, 11) is 0. The van der Waals surface area contributed by atoms with Crippen molar-refractivity contribution >= 4 is 54.6 Å². The normalized spacial score (nSPS) is 10.5. The summed E-state index contributed by atoms with van der Waals surface area (Å²) in [6.07, 6.45) is 0. The van der Waals surface area contributed by atoms with E-state index in [-0.39, 0.29) is 11.3 Å². The van der Waals surface area contributed by atoms with E-state index in [0.717, 1.165) is 19.7 Å². The molecule has 2 aromatic carbocycles. The minimum Gasteiger partial charge on any atom is -0.478 e. The van der Waals surface area contributed by atoms with Gasteiger partial charge in [0, 0.05) is 15.9 Å². The number of hydrogen-bond acceptors (Lipinski definition) is 3. The smallest absolute Gasteiger partial charge is 0.339 e. The van der Waals surface area contributed by atoms with E-state index in [1.54, 1.807) is 6.07 Å². The number of carbonyl (C=O) groups is 2. The molecule has 1 N–H and O–H groups in total. The van der Waals surface area contributed by atoms with Crippen LogP contribution in [0.1, 0.15) is 17.3 Å². The second kappa shape index (κ2) is 5.30. The average molecular weight is 388 g/mol. The van der Waals surface area contributed by atoms with Crippen LogP contribution in [0.3, 0.4) is 0 Å². The molecule has 0 aliphatic rings. The van der Waals surface area contributed by atoms with Crippen LogP contribution in [0, 0.1) is 0 Å². The maximum atomic E-state index is 11.2. The van der Waals surface area contributed by atoms with E-state index < -0.39 is 11.9 Å². The van der Waals surface area contributed by atoms with Crippen LogP contribution in [0.25, 0.3) is 10.8 Å². The summed E-state index contributed by atoms with van der Waals surface area (Å²) in [5.74, 6) is -1.67. The molecule has 4 nitrogen and oxygen atoms in total. The number of ether oxygens (including phenoxy) is 1. The van der Waals surface area contributed by atoms with Gasteiger partial charge in [-0.2, -0.15) is 0 Å². The Morgan fingerprint density at radius 3 is 2.42 bits per heavy atom. The first-order valence-corrected chi connectivity index (χ1v) is 6.81. The molecule has 6 heteroatoms. The molecule has 0 atom stereocenters. The van der Waals surface area contributed by atoms with Gasteiger partial charge in [-0.3, -0.25) is 4.79 Å². The zero-order chi connectivity index (χ0) is 14.2. The maximum Gasteiger partial charge on any atom is 0.339 e. The van der Waals surface area contributed by atoms with Gasteiger partial charge in [0.2, 0.25) is 0 Å². The van der Waals surface area contributed by atoms with Crippen molar-refractivity contribution in [3.63, 3.8) is 0 Å². The fourth-order valence-corrected chi connectivity index (χ4v) is 3.09. The number of carboxylic acid groups (broad SMARTS) is 1. The highest BCUT2D eigenvalue weighted by Crippen LogP contribution is 2.33. The van der Waals surface area contributed by atoms with Crippen molar-refractivity contribution in [3.8, 4) is 5.75 Å². The van der Waals surface area contributed by atoms with Gasteiger partial charge in [-0.15, -0.1) is 0 Å². The Morgan fingerprint density at radius 2 is 1.84 bits per heavy atom. The third-order valence-electron chi connectivity index (χ3n) is 2.45. The summed E-state index contributed by atoms with van der Waals surface area (Å²) in [5.41, 5.74) is -0.0484. The predicted octanol–water partition coefficient (Wildman–Crippen LogP) is 3.99. The maximum absolute atomic E-state index is 11.2. The van der Waals surface area contributed by atoms with Gasteiger partial charge < -0.3 is 9.84 Å². The molecule has 0 saturated heterocycles. The van der Waals surface area contributed by atoms with Gasteiger partial charge >= 0.3 is 11.9 Å². The topological polar surface area (TPSA) is 63.6 Å². The van der Waals surface area contributed by atoms with Gasteiger partial charge in [-0.1, -0.05) is 31.9 Å². The van der Waals surface area contributed by atoms with Crippen LogP contribution in [0.15, 0.2) is 33.2 Å². The van der Waals surface area contributed by atoms with Crippen molar-refractivity contribution in [2.75, 3.05) is 0 Å². The van der Waals surface area contributed by atoms with Crippen molar-refractivity contribution < 1.29 is 19.4 Å². The van der Waals surface area contributed by atoms with Crippen LogP contribution in [0.2, 0.25) is 0 Å². The Labute approximate surface area is 125 Å². The molecular weight excluding hydrogens is 380 g/mol. The van der Waals surface area contributed by atoms with Crippen molar-refractivity contribution in [2.24, 2.45) is 0 Å². The second-order valence-electron chi connectivity index (χ2n) is 3.86. The Hall–Kier alpha value is -1.40. The van der Waals surface area contributed by atoms with Crippen molar-refractivity contribution in [3.05, 3.63) is 38.8 Å². The highest BCUT2D eigenvalue weighted by atomic mass is 79.9. The third kappa shape index (κ3) is 2.96. The number of halogens is 2. The highest BCUT2D eigenvalue weighted by molar-refractivity contribution is 9.11. The van der Waals surface area contributed by atoms with Crippen molar-refractivity contribution in [1.29, 1.82) is 0 Å². The predicted molar refractivity (Wildman–Crippen MR) is 77.6 cm³/mol. The largest absolute Gasteiger partial charge is 0.478 e. The first-order valence-electron chi connectivity index (χ1n) is 5.23. The lowest BCUT2D eigenvalue weighted by Crippen LogP contribution is -2.07. The fraction of sp³-hybridized carbons (Fsp3) is 0.0769. The summed E-state index contributed by atoms with van der Waals surface area (Å²) in [5, 5.41) is 10.7. The highest BCUT2D eigenvalue weighted by Gasteiger charge is 2.16. The van der Waals surface area contributed by atoms with E-state index in [1.165, 1.54) is 19.1 Å². The number of aromatic carboxylic acids is 1. The van der Waals surface area contributed by atoms with Gasteiger partial charge in [0.1, 0.15) is 11.3 Å². The minimum absolute atomic E-state index is 0.0375. The number of carboxylic acids is 1. The van der Waals surface area contributed by atoms with E-state index in [0.29, 0.717) is 0 Å². The Balaban J connectivity index is 2.76. The van der Waals surface area contributed by atoms with Gasteiger partial charge in [-0.05, 0) is 35.0 Å². The summed E-state index contributed by atoms with van der Waals surface area (Å²) in [4.78, 5) is 22.2. The van der Waals surface area contributed by atoms with Gasteiger partial charge in [0.15, 0.2) is 0 Å². The molecule has 19 heavy (non-hydrogen) atoms. The molecule has 98 valence electrons. The fourth-order valence-electron chi connectivity index (χ4n) is 1.72. The average Bonchev–Trinajstić information content (AvgIpc) is 2.28. The van der Waals surface area contributed by atoms with E-state index >= 15 is 0 Å². The Bertz CT molecular complexity index is 695. The Morgan fingerprint density at radius 1 is 1.16 bits per heavy atom. The lowest BCUT2D eigenvalue weighted by Gasteiger charge is -2.09. The molecular formula is C13H8Br2O4. The van der Waals surface area contributed by atoms with Crippen LogP contribution in [-0.4, -0.2) is 17.0 Å². The molecule has 0 radical (unpaired) electrons. The quantitative estimate of drug-likeness (QED) is 0.625. The molecule has 0 aliphatic carbocycles. The molecule has 0 spiro atoms. The third-order valence-corrected chi connectivity index (χ3v) is 3.57. The number of carbonyl (C=O) groups excluding carboxylic acids is 1. The summed E-state index contributed by atoms with van der Waals surface area (Å²) in [6, 6.07) is 6.65. The molecule has 0 amide bonds. The minimum atomic E-state index is -1.14. The molecule has 0 fully saturated rings. The van der Waals surface area contributed by atoms with Crippen LogP contribution in [0.4, 0.5) is 0 Å². The zero-order valence-corrected chi connectivity index (χ0v) is 12.9. The standard InChI is InChI=1S/C13H8Br2O4/c1-6(16)19-12-5-9-7(3-10(12)13(17)18)2-8(14)4-11(9)15/h2-5H,1H3,(H,17,18). The molecule has 0 saturated carbocycles. The first kappa shape index (κ1) is 14.0. The second-order valence-corrected chi connectivity index (χ2v) is 5.63. The summed E-state index contributed by atoms with van der Waals surface area (Å²) in [6.45, 7) is 1.23. The monoisotopic (exact) mass is 386 g/mol. The zero-order valence-electron chi connectivity index (χ0n) is 9.74. The molecule has 0 aromatic heterocycles. The summed E-state index contributed by atoms with van der Waals surface area (Å²) >= 11 is 6.73. The molecule has 2 aromatic rings. The van der Waals surface area contributed by atoms with Crippen molar-refractivity contribution in [2.45, 2.75) is 6.92 Å². The number of benzene rings is 2. The lowest BCUT2D eigenvalue weighted by atomic mass is 10.1. The van der Waals surface area contributed by atoms with E-state index in [4.69, 9.17) is 9.84 Å². The number of esters is 1. The molecule has 2 rings (SSSR count). The molecule has 0 bridgehead atoms. The molecule has 0 unspecified atom stereocenters. The van der Waals surface area contributed by atoms with E-state index in [9.17, 15) is 9.59 Å². The van der Waals surface area contributed by atoms with Crippen LogP contribution < -0.4 is 4.74 Å². The van der Waals surface area contributed by atoms with Gasteiger partial charge in [-0.25, -0.2) is 4.79 Å². The number of hydrogen-bond donors (Lipinski definition) is 1. The SMILES string of the molecule is CC(=O)Oc1cc2c(Br)cc(Br)cc2cc1C(=O)O. The van der Waals surface area contributed by atoms with Gasteiger partial charge in [0.25, 0.3) is 0 Å². The Kier molecular flexibility index (Phi) is 3.91. The van der Waals surface area contributed by atoms with Gasteiger partial charge in [0.05, 0.1) is 0 Å². The lowest BCUT2D eigenvalue weighted by molar-refractivity contribution is -0.131. The molecule has 0 aliphatic heterocycles. The molecule has 0 heterocycles. The van der Waals surface area contributed by atoms with Crippen LogP contribution in [-0.2, 0) is 4.79 Å². The van der Waals surface area contributed by atoms with Crippen LogP contribution >= 0.6 is 31.9 Å².